The Labute approximate surface area is 214 Å². The number of allylic oxidation sites excluding steroid dienone is 1. The first kappa shape index (κ1) is 27.0. The topological polar surface area (TPSA) is 84.6 Å². The van der Waals surface area contributed by atoms with Crippen LogP contribution in [-0.2, 0) is 4.74 Å². The summed E-state index contributed by atoms with van der Waals surface area (Å²) in [7, 11) is 0. The Morgan fingerprint density at radius 3 is 2.69 bits per heavy atom. The van der Waals surface area contributed by atoms with Gasteiger partial charge in [-0.15, -0.1) is 0 Å². The van der Waals surface area contributed by atoms with Gasteiger partial charge in [-0.1, -0.05) is 65.5 Å². The van der Waals surface area contributed by atoms with Crippen LogP contribution in [0, 0.1) is 46.3 Å². The van der Waals surface area contributed by atoms with E-state index >= 15 is 0 Å². The van der Waals surface area contributed by atoms with Crippen LogP contribution in [0.25, 0.3) is 0 Å². The van der Waals surface area contributed by atoms with E-state index in [1.165, 1.54) is 50.5 Å². The number of aliphatic hydroxyl groups is 1. The minimum Gasteiger partial charge on any atom is -0.445 e. The van der Waals surface area contributed by atoms with Gasteiger partial charge in [-0.05, 0) is 79.4 Å². The van der Waals surface area contributed by atoms with Gasteiger partial charge in [-0.3, -0.25) is 0 Å². The first-order valence-electron chi connectivity index (χ1n) is 14.6. The van der Waals surface area contributed by atoms with Gasteiger partial charge in [0.15, 0.2) is 0 Å². The molecule has 0 aromatic carbocycles. The van der Waals surface area contributed by atoms with E-state index < -0.39 is 12.2 Å². The van der Waals surface area contributed by atoms with Crippen LogP contribution >= 0.6 is 0 Å². The minimum absolute atomic E-state index is 0.176. The van der Waals surface area contributed by atoms with E-state index in [1.54, 1.807) is 0 Å². The number of amides is 1. The zero-order chi connectivity index (χ0) is 25.4. The average molecular weight is 489 g/mol. The van der Waals surface area contributed by atoms with Crippen molar-refractivity contribution >= 4 is 6.09 Å². The molecule has 4 aliphatic rings. The van der Waals surface area contributed by atoms with Crippen molar-refractivity contribution in [2.24, 2.45) is 52.1 Å². The molecule has 4 aliphatic carbocycles. The molecule has 0 aromatic rings. The lowest BCUT2D eigenvalue weighted by molar-refractivity contribution is -0.110. The summed E-state index contributed by atoms with van der Waals surface area (Å²) in [6.07, 6.45) is 13.0. The molecule has 35 heavy (non-hydrogen) atoms. The third kappa shape index (κ3) is 5.06. The fourth-order valence-corrected chi connectivity index (χ4v) is 9.22. The quantitative estimate of drug-likeness (QED) is 0.363. The standard InChI is InChI=1S/C30H52N2O3/c1-19(2)7-6-8-20(3)24-11-12-25-23-10-9-21-17-22(33)18-27(35-28(34)32-16-15-31)30(21,5)26(23)13-14-29(24,25)4/h9,19-20,22-27,33H,6-8,10-18,31H2,1-5H3,(H,32,34)/t20-,22+,23+,24-,25+,26+,27?,29-,30+/m1/s1. The molecule has 4 N–H and O–H groups in total. The monoisotopic (exact) mass is 488 g/mol. The summed E-state index contributed by atoms with van der Waals surface area (Å²) in [6, 6.07) is 0. The lowest BCUT2D eigenvalue weighted by atomic mass is 9.46. The van der Waals surface area contributed by atoms with E-state index in [2.05, 4.69) is 46.0 Å². The lowest BCUT2D eigenvalue weighted by Crippen LogP contribution is -2.57. The van der Waals surface area contributed by atoms with Gasteiger partial charge < -0.3 is 20.9 Å². The van der Waals surface area contributed by atoms with Gasteiger partial charge in [0, 0.05) is 24.9 Å². The molecular formula is C30H52N2O3. The van der Waals surface area contributed by atoms with E-state index in [1.807, 2.05) is 0 Å². The first-order chi connectivity index (χ1) is 16.6. The molecule has 1 unspecified atom stereocenters. The van der Waals surface area contributed by atoms with E-state index in [4.69, 9.17) is 10.5 Å². The Morgan fingerprint density at radius 2 is 1.97 bits per heavy atom. The third-order valence-electron chi connectivity index (χ3n) is 11.0. The van der Waals surface area contributed by atoms with Gasteiger partial charge in [0.1, 0.15) is 6.10 Å². The summed E-state index contributed by atoms with van der Waals surface area (Å²) in [5.41, 5.74) is 7.15. The van der Waals surface area contributed by atoms with Crippen LogP contribution < -0.4 is 11.1 Å². The normalized spacial score (nSPS) is 41.4. The molecule has 3 fully saturated rings. The predicted molar refractivity (Wildman–Crippen MR) is 142 cm³/mol. The highest BCUT2D eigenvalue weighted by molar-refractivity contribution is 5.67. The molecule has 0 saturated heterocycles. The maximum Gasteiger partial charge on any atom is 0.407 e. The van der Waals surface area contributed by atoms with Gasteiger partial charge in [-0.25, -0.2) is 4.79 Å². The Hall–Kier alpha value is -1.07. The summed E-state index contributed by atoms with van der Waals surface area (Å²) in [4.78, 5) is 12.5. The third-order valence-corrected chi connectivity index (χ3v) is 11.0. The van der Waals surface area contributed by atoms with Crippen molar-refractivity contribution in [1.82, 2.24) is 5.32 Å². The highest BCUT2D eigenvalue weighted by Gasteiger charge is 2.61. The Bertz CT molecular complexity index is 782. The number of fused-ring (bicyclic) bond motifs is 5. The number of aliphatic hydroxyl groups excluding tert-OH is 1. The minimum atomic E-state index is -0.436. The van der Waals surface area contributed by atoms with Crippen LogP contribution in [0.4, 0.5) is 4.79 Å². The fraction of sp³-hybridized carbons (Fsp3) is 0.900. The number of hydrogen-bond donors (Lipinski definition) is 3. The molecule has 3 saturated carbocycles. The van der Waals surface area contributed by atoms with Crippen molar-refractivity contribution in [1.29, 1.82) is 0 Å². The van der Waals surface area contributed by atoms with E-state index in [-0.39, 0.29) is 11.5 Å². The van der Waals surface area contributed by atoms with Gasteiger partial charge in [-0.2, -0.15) is 0 Å². The van der Waals surface area contributed by atoms with Crippen LogP contribution in [0.15, 0.2) is 11.6 Å². The van der Waals surface area contributed by atoms with Crippen LogP contribution in [0.5, 0.6) is 0 Å². The molecule has 0 heterocycles. The molecule has 200 valence electrons. The molecule has 9 atom stereocenters. The first-order valence-corrected chi connectivity index (χ1v) is 14.6. The van der Waals surface area contributed by atoms with Gasteiger partial charge in [0.25, 0.3) is 0 Å². The Balaban J connectivity index is 1.52. The summed E-state index contributed by atoms with van der Waals surface area (Å²) in [5.74, 6) is 4.38. The van der Waals surface area contributed by atoms with Crippen molar-refractivity contribution < 1.29 is 14.6 Å². The number of alkyl carbamates (subject to hydrolysis) is 1. The number of nitrogens with two attached hydrogens (primary N) is 1. The molecule has 1 amide bonds. The van der Waals surface area contributed by atoms with E-state index in [0.29, 0.717) is 36.8 Å². The molecule has 0 radical (unpaired) electrons. The molecule has 0 bridgehead atoms. The number of rotatable bonds is 8. The van der Waals surface area contributed by atoms with Crippen molar-refractivity contribution in [3.8, 4) is 0 Å². The van der Waals surface area contributed by atoms with Gasteiger partial charge in [0.05, 0.1) is 6.10 Å². The van der Waals surface area contributed by atoms with Crippen LogP contribution in [0.1, 0.15) is 98.8 Å². The second-order valence-corrected chi connectivity index (χ2v) is 13.4. The lowest BCUT2D eigenvalue weighted by Gasteiger charge is -2.60. The number of carbonyl (C=O) groups is 1. The predicted octanol–water partition coefficient (Wildman–Crippen LogP) is 6.05. The van der Waals surface area contributed by atoms with Gasteiger partial charge >= 0.3 is 6.09 Å². The smallest absolute Gasteiger partial charge is 0.407 e. The zero-order valence-electron chi connectivity index (χ0n) is 23.0. The highest BCUT2D eigenvalue weighted by atomic mass is 16.6. The second kappa shape index (κ2) is 10.7. The molecule has 5 nitrogen and oxygen atoms in total. The van der Waals surface area contributed by atoms with Crippen LogP contribution in [0.2, 0.25) is 0 Å². The fourth-order valence-electron chi connectivity index (χ4n) is 9.22. The summed E-state index contributed by atoms with van der Waals surface area (Å²) < 4.78 is 6.04. The van der Waals surface area contributed by atoms with Crippen molar-refractivity contribution in [3.63, 3.8) is 0 Å². The number of nitrogens with one attached hydrogen (secondary N) is 1. The molecule has 0 spiro atoms. The zero-order valence-corrected chi connectivity index (χ0v) is 23.0. The maximum atomic E-state index is 12.5. The molecule has 0 aliphatic heterocycles. The van der Waals surface area contributed by atoms with Crippen LogP contribution in [0.3, 0.4) is 0 Å². The van der Waals surface area contributed by atoms with Crippen molar-refractivity contribution in [3.05, 3.63) is 11.6 Å². The maximum absolute atomic E-state index is 12.5. The van der Waals surface area contributed by atoms with Crippen LogP contribution in [-0.4, -0.2) is 36.5 Å². The average Bonchev–Trinajstić information content (AvgIpc) is 3.15. The number of ether oxygens (including phenoxy) is 1. The Morgan fingerprint density at radius 1 is 1.20 bits per heavy atom. The summed E-state index contributed by atoms with van der Waals surface area (Å²) in [5, 5.41) is 13.4. The van der Waals surface area contributed by atoms with Crippen molar-refractivity contribution in [2.75, 3.05) is 13.1 Å². The molecule has 4 rings (SSSR count). The highest BCUT2D eigenvalue weighted by Crippen LogP contribution is 2.67. The molecule has 5 heteroatoms. The summed E-state index contributed by atoms with van der Waals surface area (Å²) >= 11 is 0. The SMILES string of the molecule is CC(C)CCC[C@@H](C)[C@H]1CC[C@H]2[C@@H]3CC=C4C[C@H](O)CC(OC(=O)NCCN)[C@]4(C)[C@H]3CC[C@]12C. The second-order valence-electron chi connectivity index (χ2n) is 13.4. The Kier molecular flexibility index (Phi) is 8.27. The van der Waals surface area contributed by atoms with E-state index in [0.717, 1.165) is 36.5 Å². The van der Waals surface area contributed by atoms with Gasteiger partial charge in [0.2, 0.25) is 0 Å². The van der Waals surface area contributed by atoms with Crippen molar-refractivity contribution in [2.45, 2.75) is 111 Å². The molecular weight excluding hydrogens is 436 g/mol. The largest absolute Gasteiger partial charge is 0.445 e. The molecule has 0 aromatic heterocycles. The summed E-state index contributed by atoms with van der Waals surface area (Å²) in [6.45, 7) is 13.0. The number of hydrogen-bond acceptors (Lipinski definition) is 4. The number of carbonyl (C=O) groups excluding carboxylic acids is 1. The van der Waals surface area contributed by atoms with E-state index in [9.17, 15) is 9.90 Å².